The fraction of sp³-hybridized carbons (Fsp3) is 0.565. The van der Waals surface area contributed by atoms with Crippen LogP contribution in [-0.4, -0.2) is 48.6 Å². The molecule has 1 aromatic carbocycles. The van der Waals surface area contributed by atoms with E-state index in [4.69, 9.17) is 0 Å². The first kappa shape index (κ1) is 23.3. The van der Waals surface area contributed by atoms with Gasteiger partial charge >= 0.3 is 0 Å². The average Bonchev–Trinajstić information content (AvgIpc) is 2.98. The molecule has 0 saturated carbocycles. The molecule has 31 heavy (non-hydrogen) atoms. The number of hydrogen-bond acceptors (Lipinski definition) is 4. The first-order valence-electron chi connectivity index (χ1n) is 10.9. The van der Waals surface area contributed by atoms with Gasteiger partial charge in [0.15, 0.2) is 0 Å². The summed E-state index contributed by atoms with van der Waals surface area (Å²) in [4.78, 5) is 15.1. The van der Waals surface area contributed by atoms with Crippen LogP contribution in [0.3, 0.4) is 0 Å². The Morgan fingerprint density at radius 2 is 1.74 bits per heavy atom. The molecule has 7 nitrogen and oxygen atoms in total. The molecular formula is C23H34N4O3S. The first-order valence-corrected chi connectivity index (χ1v) is 12.4. The van der Waals surface area contributed by atoms with Crippen LogP contribution in [0.4, 0.5) is 5.69 Å². The summed E-state index contributed by atoms with van der Waals surface area (Å²) in [5.41, 5.74) is 2.60. The van der Waals surface area contributed by atoms with Crippen molar-refractivity contribution in [2.75, 3.05) is 23.9 Å². The molecule has 1 fully saturated rings. The third-order valence-electron chi connectivity index (χ3n) is 6.25. The van der Waals surface area contributed by atoms with Gasteiger partial charge in [0.1, 0.15) is 11.4 Å². The van der Waals surface area contributed by atoms with Crippen molar-refractivity contribution < 1.29 is 13.2 Å². The van der Waals surface area contributed by atoms with E-state index in [1.165, 1.54) is 4.31 Å². The minimum absolute atomic E-state index is 0.164. The lowest BCUT2D eigenvalue weighted by molar-refractivity contribution is -0.130. The Labute approximate surface area is 186 Å². The highest BCUT2D eigenvalue weighted by Crippen LogP contribution is 2.29. The molecule has 0 bridgehead atoms. The number of carbonyl (C=O) groups excluding carboxylic acids is 1. The summed E-state index contributed by atoms with van der Waals surface area (Å²) >= 11 is 0. The van der Waals surface area contributed by atoms with Crippen LogP contribution < -0.4 is 4.31 Å². The number of anilines is 1. The molecule has 8 heteroatoms. The zero-order valence-electron chi connectivity index (χ0n) is 19.4. The van der Waals surface area contributed by atoms with Gasteiger partial charge in [-0.2, -0.15) is 5.10 Å². The Kier molecular flexibility index (Phi) is 6.79. The number of hydrogen-bond donors (Lipinski definition) is 0. The normalized spacial score (nSPS) is 15.5. The minimum atomic E-state index is -3.97. The van der Waals surface area contributed by atoms with Gasteiger partial charge < -0.3 is 4.90 Å². The number of piperidine rings is 1. The number of likely N-dealkylation sites (tertiary alicyclic amines) is 1. The highest BCUT2D eigenvalue weighted by Gasteiger charge is 2.34. The molecule has 1 amide bonds. The largest absolute Gasteiger partial charge is 0.341 e. The van der Waals surface area contributed by atoms with Crippen molar-refractivity contribution in [1.29, 1.82) is 0 Å². The Hall–Kier alpha value is -2.35. The molecule has 1 aromatic heterocycles. The number of aryl methyl sites for hydroxylation is 2. The molecule has 3 rings (SSSR count). The van der Waals surface area contributed by atoms with Gasteiger partial charge in [-0.1, -0.05) is 32.9 Å². The summed E-state index contributed by atoms with van der Waals surface area (Å²) in [6.07, 6.45) is 1.89. The molecule has 1 aliphatic heterocycles. The third kappa shape index (κ3) is 4.79. The summed E-state index contributed by atoms with van der Waals surface area (Å²) in [5.74, 6) is 0.759. The van der Waals surface area contributed by atoms with Crippen molar-refractivity contribution in [2.45, 2.75) is 58.3 Å². The van der Waals surface area contributed by atoms with Crippen LogP contribution in [0.2, 0.25) is 0 Å². The second-order valence-electron chi connectivity index (χ2n) is 8.94. The standard InChI is InChI=1S/C23H34N4O3S/c1-16(2)20-7-9-21(10-8-20)27(15-22(28)26-13-11-17(3)12-14-26)31(29,30)23-18(4)24-25(6)19(23)5/h7-10,16-17H,11-15H2,1-6H3. The van der Waals surface area contributed by atoms with E-state index in [2.05, 4.69) is 25.9 Å². The second kappa shape index (κ2) is 9.02. The van der Waals surface area contributed by atoms with Gasteiger partial charge in [0, 0.05) is 20.1 Å². The fourth-order valence-corrected chi connectivity index (χ4v) is 5.88. The molecule has 0 unspecified atom stereocenters. The van der Waals surface area contributed by atoms with Crippen LogP contribution in [0.5, 0.6) is 0 Å². The summed E-state index contributed by atoms with van der Waals surface area (Å²) in [6, 6.07) is 7.44. The topological polar surface area (TPSA) is 75.5 Å². The van der Waals surface area contributed by atoms with E-state index in [1.54, 1.807) is 42.6 Å². The molecule has 1 saturated heterocycles. The van der Waals surface area contributed by atoms with Gasteiger partial charge in [0.2, 0.25) is 5.91 Å². The lowest BCUT2D eigenvalue weighted by Crippen LogP contribution is -2.46. The molecule has 2 heterocycles. The molecule has 0 aliphatic carbocycles. The molecule has 2 aromatic rings. The summed E-state index contributed by atoms with van der Waals surface area (Å²) < 4.78 is 30.4. The zero-order valence-corrected chi connectivity index (χ0v) is 20.2. The number of sulfonamides is 1. The fourth-order valence-electron chi connectivity index (χ4n) is 4.06. The second-order valence-corrected chi connectivity index (χ2v) is 10.7. The molecule has 1 aliphatic rings. The third-order valence-corrected chi connectivity index (χ3v) is 8.28. The van der Waals surface area contributed by atoms with E-state index >= 15 is 0 Å². The Balaban J connectivity index is 2.00. The van der Waals surface area contributed by atoms with Crippen LogP contribution in [0.15, 0.2) is 29.2 Å². The predicted octanol–water partition coefficient (Wildman–Crippen LogP) is 3.61. The van der Waals surface area contributed by atoms with Crippen LogP contribution in [0, 0.1) is 19.8 Å². The quantitative estimate of drug-likeness (QED) is 0.679. The molecule has 0 spiro atoms. The van der Waals surface area contributed by atoms with Gasteiger partial charge in [0.05, 0.1) is 17.1 Å². The lowest BCUT2D eigenvalue weighted by atomic mass is 9.99. The highest BCUT2D eigenvalue weighted by molar-refractivity contribution is 7.93. The summed E-state index contributed by atoms with van der Waals surface area (Å²) in [7, 11) is -2.24. The molecule has 0 radical (unpaired) electrons. The van der Waals surface area contributed by atoms with Crippen LogP contribution >= 0.6 is 0 Å². The maximum atomic E-state index is 13.8. The first-order chi connectivity index (χ1) is 14.5. The average molecular weight is 447 g/mol. The van der Waals surface area contributed by atoms with E-state index in [0.29, 0.717) is 42.0 Å². The highest BCUT2D eigenvalue weighted by atomic mass is 32.2. The molecule has 0 atom stereocenters. The smallest absolute Gasteiger partial charge is 0.268 e. The maximum absolute atomic E-state index is 13.8. The summed E-state index contributed by atoms with van der Waals surface area (Å²) in [6.45, 7) is 10.9. The SMILES string of the molecule is Cc1nn(C)c(C)c1S(=O)(=O)N(CC(=O)N1CCC(C)CC1)c1ccc(C(C)C)cc1. The summed E-state index contributed by atoms with van der Waals surface area (Å²) in [5, 5.41) is 4.28. The van der Waals surface area contributed by atoms with Crippen LogP contribution in [-0.2, 0) is 21.9 Å². The van der Waals surface area contributed by atoms with Gasteiger partial charge in [-0.25, -0.2) is 8.42 Å². The van der Waals surface area contributed by atoms with Crippen molar-refractivity contribution in [3.8, 4) is 0 Å². The number of amides is 1. The van der Waals surface area contributed by atoms with E-state index in [1.807, 2.05) is 12.1 Å². The van der Waals surface area contributed by atoms with Crippen LogP contribution in [0.1, 0.15) is 56.5 Å². The molecule has 0 N–H and O–H groups in total. The monoisotopic (exact) mass is 446 g/mol. The van der Waals surface area contributed by atoms with Crippen molar-refractivity contribution in [1.82, 2.24) is 14.7 Å². The minimum Gasteiger partial charge on any atom is -0.341 e. The molecular weight excluding hydrogens is 412 g/mol. The maximum Gasteiger partial charge on any atom is 0.268 e. The van der Waals surface area contributed by atoms with E-state index in [0.717, 1.165) is 18.4 Å². The lowest BCUT2D eigenvalue weighted by Gasteiger charge is -2.33. The van der Waals surface area contributed by atoms with E-state index < -0.39 is 10.0 Å². The van der Waals surface area contributed by atoms with Gasteiger partial charge in [-0.3, -0.25) is 13.8 Å². The predicted molar refractivity (Wildman–Crippen MR) is 123 cm³/mol. The Morgan fingerprint density at radius 1 is 1.16 bits per heavy atom. The number of nitrogens with zero attached hydrogens (tertiary/aromatic N) is 4. The van der Waals surface area contributed by atoms with Crippen molar-refractivity contribution in [3.05, 3.63) is 41.2 Å². The zero-order chi connectivity index (χ0) is 22.9. The van der Waals surface area contributed by atoms with Gasteiger partial charge in [-0.05, 0) is 56.2 Å². The van der Waals surface area contributed by atoms with Crippen molar-refractivity contribution in [2.24, 2.45) is 13.0 Å². The number of carbonyl (C=O) groups is 1. The van der Waals surface area contributed by atoms with Crippen LogP contribution in [0.25, 0.3) is 0 Å². The van der Waals surface area contributed by atoms with E-state index in [-0.39, 0.29) is 17.3 Å². The number of benzene rings is 1. The molecule has 170 valence electrons. The Bertz CT molecular complexity index is 1030. The van der Waals surface area contributed by atoms with Crippen molar-refractivity contribution in [3.63, 3.8) is 0 Å². The van der Waals surface area contributed by atoms with Gasteiger partial charge in [-0.15, -0.1) is 0 Å². The Morgan fingerprint density at radius 3 is 2.23 bits per heavy atom. The van der Waals surface area contributed by atoms with E-state index in [9.17, 15) is 13.2 Å². The van der Waals surface area contributed by atoms with Crippen molar-refractivity contribution >= 4 is 21.6 Å². The van der Waals surface area contributed by atoms with Gasteiger partial charge in [0.25, 0.3) is 10.0 Å². The number of rotatable bonds is 6. The number of aromatic nitrogens is 2.